The van der Waals surface area contributed by atoms with Crippen LogP contribution in [-0.2, 0) is 9.53 Å². The van der Waals surface area contributed by atoms with E-state index in [0.29, 0.717) is 25.1 Å². The number of H-pyrrole nitrogens is 1. The lowest BCUT2D eigenvalue weighted by Gasteiger charge is -2.32. The molecule has 0 aliphatic carbocycles. The lowest BCUT2D eigenvalue weighted by molar-refractivity contribution is -0.137. The zero-order valence-corrected chi connectivity index (χ0v) is 13.2. The molecule has 0 saturated carbocycles. The largest absolute Gasteiger partial charge is 0.372 e. The van der Waals surface area contributed by atoms with Crippen molar-refractivity contribution in [2.24, 2.45) is 0 Å². The summed E-state index contributed by atoms with van der Waals surface area (Å²) >= 11 is 0. The first-order valence-electron chi connectivity index (χ1n) is 8.02. The summed E-state index contributed by atoms with van der Waals surface area (Å²) in [4.78, 5) is 33.2. The number of fused-ring (bicyclic) bond motifs is 1. The molecule has 0 bridgehead atoms. The van der Waals surface area contributed by atoms with E-state index in [0.717, 1.165) is 24.1 Å². The maximum Gasteiger partial charge on any atom is 0.257 e. The first-order chi connectivity index (χ1) is 11.2. The summed E-state index contributed by atoms with van der Waals surface area (Å²) in [7, 11) is 0. The van der Waals surface area contributed by atoms with E-state index in [1.54, 1.807) is 18.3 Å². The third kappa shape index (κ3) is 3.42. The highest BCUT2D eigenvalue weighted by molar-refractivity contribution is 5.78. The van der Waals surface area contributed by atoms with Crippen LogP contribution in [0.2, 0.25) is 0 Å². The molecule has 0 radical (unpaired) electrons. The molecule has 0 aromatic carbocycles. The van der Waals surface area contributed by atoms with E-state index in [-0.39, 0.29) is 24.0 Å². The predicted octanol–water partition coefficient (Wildman–Crippen LogP) is 1.67. The molecule has 1 N–H and O–H groups in total. The Hall–Kier alpha value is -2.21. The molecule has 122 valence electrons. The molecule has 1 amide bonds. The summed E-state index contributed by atoms with van der Waals surface area (Å²) in [5.74, 6) is 0.296. The van der Waals surface area contributed by atoms with Crippen LogP contribution in [0.3, 0.4) is 0 Å². The van der Waals surface area contributed by atoms with Crippen LogP contribution in [0.1, 0.15) is 31.4 Å². The van der Waals surface area contributed by atoms with Crippen LogP contribution >= 0.6 is 0 Å². The van der Waals surface area contributed by atoms with Crippen LogP contribution in [0.4, 0.5) is 0 Å². The number of nitrogens with zero attached hydrogens (tertiary/aromatic N) is 2. The van der Waals surface area contributed by atoms with Gasteiger partial charge in [-0.3, -0.25) is 14.6 Å². The van der Waals surface area contributed by atoms with Gasteiger partial charge in [0.25, 0.3) is 5.56 Å². The summed E-state index contributed by atoms with van der Waals surface area (Å²) in [5.41, 5.74) is 1.54. The van der Waals surface area contributed by atoms with Crippen molar-refractivity contribution in [3.63, 3.8) is 0 Å². The zero-order valence-electron chi connectivity index (χ0n) is 13.2. The van der Waals surface area contributed by atoms with Gasteiger partial charge in [-0.25, -0.2) is 0 Å². The second-order valence-corrected chi connectivity index (χ2v) is 5.78. The molecule has 1 aliphatic rings. The number of aromatic nitrogens is 2. The van der Waals surface area contributed by atoms with E-state index >= 15 is 0 Å². The van der Waals surface area contributed by atoms with Gasteiger partial charge in [0.05, 0.1) is 10.9 Å². The van der Waals surface area contributed by atoms with E-state index in [4.69, 9.17) is 4.74 Å². The minimum absolute atomic E-state index is 0.0407. The van der Waals surface area contributed by atoms with Gasteiger partial charge in [-0.15, -0.1) is 0 Å². The van der Waals surface area contributed by atoms with E-state index < -0.39 is 0 Å². The predicted molar refractivity (Wildman–Crippen MR) is 87.4 cm³/mol. The minimum atomic E-state index is -0.0968. The molecule has 0 atom stereocenters. The third-order valence-electron chi connectivity index (χ3n) is 4.35. The Morgan fingerprint density at radius 1 is 1.43 bits per heavy atom. The fourth-order valence-electron chi connectivity index (χ4n) is 3.05. The number of pyridine rings is 2. The molecule has 1 fully saturated rings. The molecule has 6 heteroatoms. The molecule has 2 aromatic heterocycles. The standard InChI is InChI=1S/C17H21N3O3/c1-2-23-11-16(21)20-8-5-12(6-9-20)14-10-15-13(17(22)19-14)4-3-7-18-15/h3-4,7,10,12H,2,5-6,8-9,11H2,1H3,(H,19,22). The summed E-state index contributed by atoms with van der Waals surface area (Å²) in [6.07, 6.45) is 3.37. The lowest BCUT2D eigenvalue weighted by Crippen LogP contribution is -2.40. The van der Waals surface area contributed by atoms with Crippen molar-refractivity contribution < 1.29 is 9.53 Å². The maximum atomic E-state index is 12.2. The highest BCUT2D eigenvalue weighted by Gasteiger charge is 2.24. The Bertz CT molecular complexity index is 748. The summed E-state index contributed by atoms with van der Waals surface area (Å²) in [6, 6.07) is 5.50. The van der Waals surface area contributed by atoms with Gasteiger partial charge in [-0.2, -0.15) is 0 Å². The number of carbonyl (C=O) groups excluding carboxylic acids is 1. The van der Waals surface area contributed by atoms with Crippen LogP contribution < -0.4 is 5.56 Å². The van der Waals surface area contributed by atoms with Crippen molar-refractivity contribution in [3.05, 3.63) is 40.4 Å². The molecule has 6 nitrogen and oxygen atoms in total. The van der Waals surface area contributed by atoms with Crippen molar-refractivity contribution in [1.82, 2.24) is 14.9 Å². The Kier molecular flexibility index (Phi) is 4.71. The number of carbonyl (C=O) groups is 1. The molecular formula is C17H21N3O3. The Morgan fingerprint density at radius 2 is 2.22 bits per heavy atom. The van der Waals surface area contributed by atoms with Crippen LogP contribution in [0.25, 0.3) is 10.9 Å². The van der Waals surface area contributed by atoms with Crippen molar-refractivity contribution in [2.45, 2.75) is 25.7 Å². The molecule has 23 heavy (non-hydrogen) atoms. The van der Waals surface area contributed by atoms with Gasteiger partial charge in [-0.1, -0.05) is 0 Å². The number of rotatable bonds is 4. The van der Waals surface area contributed by atoms with Crippen molar-refractivity contribution >= 4 is 16.8 Å². The van der Waals surface area contributed by atoms with Crippen LogP contribution in [0.15, 0.2) is 29.2 Å². The normalized spacial score (nSPS) is 16.0. The SMILES string of the molecule is CCOCC(=O)N1CCC(c2cc3ncccc3c(=O)[nH]2)CC1. The van der Waals surface area contributed by atoms with Crippen molar-refractivity contribution in [2.75, 3.05) is 26.3 Å². The molecule has 3 heterocycles. The Labute approximate surface area is 134 Å². The number of aromatic amines is 1. The second-order valence-electron chi connectivity index (χ2n) is 5.78. The average molecular weight is 315 g/mol. The quantitative estimate of drug-likeness (QED) is 0.931. The number of hydrogen-bond acceptors (Lipinski definition) is 4. The fraction of sp³-hybridized carbons (Fsp3) is 0.471. The highest BCUT2D eigenvalue weighted by atomic mass is 16.5. The van der Waals surface area contributed by atoms with Crippen LogP contribution in [-0.4, -0.2) is 47.1 Å². The maximum absolute atomic E-state index is 12.2. The molecule has 1 aliphatic heterocycles. The topological polar surface area (TPSA) is 75.3 Å². The first kappa shape index (κ1) is 15.7. The van der Waals surface area contributed by atoms with Gasteiger partial charge in [0.1, 0.15) is 6.61 Å². The highest BCUT2D eigenvalue weighted by Crippen LogP contribution is 2.27. The van der Waals surface area contributed by atoms with Gasteiger partial charge in [0, 0.05) is 37.5 Å². The number of hydrogen-bond donors (Lipinski definition) is 1. The minimum Gasteiger partial charge on any atom is -0.372 e. The average Bonchev–Trinajstić information content (AvgIpc) is 2.60. The van der Waals surface area contributed by atoms with Gasteiger partial charge < -0.3 is 14.6 Å². The second kappa shape index (κ2) is 6.91. The molecule has 2 aromatic rings. The molecule has 0 unspecified atom stereocenters. The smallest absolute Gasteiger partial charge is 0.257 e. The number of amides is 1. The van der Waals surface area contributed by atoms with Crippen molar-refractivity contribution in [3.8, 4) is 0 Å². The summed E-state index contributed by atoms with van der Waals surface area (Å²) in [5, 5.41) is 0.612. The molecule has 1 saturated heterocycles. The lowest BCUT2D eigenvalue weighted by atomic mass is 9.92. The van der Waals surface area contributed by atoms with E-state index in [9.17, 15) is 9.59 Å². The van der Waals surface area contributed by atoms with Crippen LogP contribution in [0, 0.1) is 0 Å². The Balaban J connectivity index is 1.70. The van der Waals surface area contributed by atoms with E-state index in [1.165, 1.54) is 0 Å². The molecule has 0 spiro atoms. The molecular weight excluding hydrogens is 294 g/mol. The third-order valence-corrected chi connectivity index (χ3v) is 4.35. The summed E-state index contributed by atoms with van der Waals surface area (Å²) < 4.78 is 5.18. The van der Waals surface area contributed by atoms with E-state index in [2.05, 4.69) is 9.97 Å². The van der Waals surface area contributed by atoms with Gasteiger partial charge in [-0.05, 0) is 38.0 Å². The zero-order chi connectivity index (χ0) is 16.2. The van der Waals surface area contributed by atoms with E-state index in [1.807, 2.05) is 17.9 Å². The Morgan fingerprint density at radius 3 is 2.96 bits per heavy atom. The monoisotopic (exact) mass is 315 g/mol. The number of nitrogens with one attached hydrogen (secondary N) is 1. The summed E-state index contributed by atoms with van der Waals surface area (Å²) in [6.45, 7) is 3.97. The fourth-order valence-corrected chi connectivity index (χ4v) is 3.05. The van der Waals surface area contributed by atoms with Gasteiger partial charge in [0.15, 0.2) is 0 Å². The number of ether oxygens (including phenoxy) is 1. The van der Waals surface area contributed by atoms with Crippen molar-refractivity contribution in [1.29, 1.82) is 0 Å². The number of piperidine rings is 1. The van der Waals surface area contributed by atoms with Crippen LogP contribution in [0.5, 0.6) is 0 Å². The number of likely N-dealkylation sites (tertiary alicyclic amines) is 1. The van der Waals surface area contributed by atoms with Gasteiger partial charge in [0.2, 0.25) is 5.91 Å². The van der Waals surface area contributed by atoms with Gasteiger partial charge >= 0.3 is 0 Å². The molecule has 3 rings (SSSR count). The first-order valence-corrected chi connectivity index (χ1v) is 8.02.